The molecular weight excluding hydrogens is 214 g/mol. The van der Waals surface area contributed by atoms with Gasteiger partial charge in [0.1, 0.15) is 0 Å². The van der Waals surface area contributed by atoms with Crippen LogP contribution in [0.5, 0.6) is 0 Å². The number of halogens is 1. The van der Waals surface area contributed by atoms with E-state index in [1.807, 2.05) is 18.2 Å². The topological polar surface area (TPSA) is 41.5 Å². The Morgan fingerprint density at radius 3 is 3.00 bits per heavy atom. The molecule has 1 aromatic carbocycles. The molecule has 1 aliphatic rings. The molecule has 3 nitrogen and oxygen atoms in total. The van der Waals surface area contributed by atoms with Gasteiger partial charge < -0.3 is 9.94 Å². The van der Waals surface area contributed by atoms with Gasteiger partial charge in [-0.05, 0) is 23.6 Å². The van der Waals surface area contributed by atoms with E-state index in [9.17, 15) is 0 Å². The first-order chi connectivity index (χ1) is 7.31. The van der Waals surface area contributed by atoms with Crippen LogP contribution in [0.2, 0.25) is 5.02 Å². The molecule has 0 saturated carbocycles. The molecule has 82 valence electrons. The van der Waals surface area contributed by atoms with Gasteiger partial charge in [-0.3, -0.25) is 0 Å². The normalized spacial score (nSPS) is 20.8. The number of rotatable bonds is 3. The molecule has 1 aromatic rings. The van der Waals surface area contributed by atoms with Crippen LogP contribution in [-0.4, -0.2) is 18.4 Å². The summed E-state index contributed by atoms with van der Waals surface area (Å²) in [4.78, 5) is 0. The third kappa shape index (κ3) is 2.49. The van der Waals surface area contributed by atoms with E-state index >= 15 is 0 Å². The molecule has 0 bridgehead atoms. The highest BCUT2D eigenvalue weighted by molar-refractivity contribution is 6.31. The van der Waals surface area contributed by atoms with Crippen molar-refractivity contribution in [3.63, 3.8) is 0 Å². The Morgan fingerprint density at radius 2 is 2.40 bits per heavy atom. The Bertz CT molecular complexity index is 337. The van der Waals surface area contributed by atoms with Crippen LogP contribution in [0.15, 0.2) is 18.2 Å². The van der Waals surface area contributed by atoms with Gasteiger partial charge in [-0.2, -0.15) is 0 Å². The lowest BCUT2D eigenvalue weighted by Gasteiger charge is -2.11. The van der Waals surface area contributed by atoms with Crippen molar-refractivity contribution >= 4 is 11.6 Å². The average Bonchev–Trinajstić information content (AvgIpc) is 2.71. The summed E-state index contributed by atoms with van der Waals surface area (Å²) in [6.07, 6.45) is 1.04. The zero-order chi connectivity index (χ0) is 10.7. The van der Waals surface area contributed by atoms with Crippen LogP contribution in [0.3, 0.4) is 0 Å². The summed E-state index contributed by atoms with van der Waals surface area (Å²) in [5.41, 5.74) is 4.24. The van der Waals surface area contributed by atoms with Crippen molar-refractivity contribution in [3.05, 3.63) is 34.3 Å². The molecule has 1 atom stereocenters. The van der Waals surface area contributed by atoms with Crippen LogP contribution in [-0.2, 0) is 11.3 Å². The first-order valence-corrected chi connectivity index (χ1v) is 5.42. The van der Waals surface area contributed by atoms with Gasteiger partial charge >= 0.3 is 0 Å². The maximum absolute atomic E-state index is 8.58. The lowest BCUT2D eigenvalue weighted by molar-refractivity contribution is 0.161. The molecule has 4 heteroatoms. The second-order valence-electron chi connectivity index (χ2n) is 3.75. The van der Waals surface area contributed by atoms with Crippen molar-refractivity contribution in [2.45, 2.75) is 18.9 Å². The zero-order valence-corrected chi connectivity index (χ0v) is 9.13. The minimum absolute atomic E-state index is 0.418. The molecule has 0 aromatic heterocycles. The lowest BCUT2D eigenvalue weighted by atomic mass is 9.97. The number of nitrogens with one attached hydrogen (secondary N) is 1. The van der Waals surface area contributed by atoms with Crippen molar-refractivity contribution in [2.24, 2.45) is 0 Å². The summed E-state index contributed by atoms with van der Waals surface area (Å²) in [6, 6.07) is 5.88. The Hall–Kier alpha value is -0.610. The second-order valence-corrected chi connectivity index (χ2v) is 4.16. The second kappa shape index (κ2) is 4.94. The van der Waals surface area contributed by atoms with E-state index in [4.69, 9.17) is 21.5 Å². The van der Waals surface area contributed by atoms with Crippen molar-refractivity contribution < 1.29 is 9.94 Å². The van der Waals surface area contributed by atoms with Crippen molar-refractivity contribution in [3.8, 4) is 0 Å². The fraction of sp³-hybridized carbons (Fsp3) is 0.455. The first-order valence-electron chi connectivity index (χ1n) is 5.04. The molecule has 1 saturated heterocycles. The third-order valence-corrected chi connectivity index (χ3v) is 3.04. The quantitative estimate of drug-likeness (QED) is 0.779. The van der Waals surface area contributed by atoms with Crippen molar-refractivity contribution in [2.75, 3.05) is 13.2 Å². The first kappa shape index (κ1) is 10.9. The van der Waals surface area contributed by atoms with Crippen LogP contribution in [0.1, 0.15) is 23.5 Å². The highest BCUT2D eigenvalue weighted by Gasteiger charge is 2.19. The summed E-state index contributed by atoms with van der Waals surface area (Å²) >= 11 is 6.18. The monoisotopic (exact) mass is 227 g/mol. The number of hydrogen-bond acceptors (Lipinski definition) is 3. The Morgan fingerprint density at radius 1 is 1.53 bits per heavy atom. The van der Waals surface area contributed by atoms with Crippen LogP contribution in [0.25, 0.3) is 0 Å². The standard InChI is InChI=1S/C11H14ClNO2/c12-11-5-8(6-13-14)1-2-10(11)9-3-4-15-7-9/h1-2,5,9,13-14H,3-4,6-7H2. The van der Waals surface area contributed by atoms with Gasteiger partial charge in [0.05, 0.1) is 6.61 Å². The fourth-order valence-electron chi connectivity index (χ4n) is 1.88. The Kier molecular flexibility index (Phi) is 3.59. The molecule has 15 heavy (non-hydrogen) atoms. The van der Waals surface area contributed by atoms with Gasteiger partial charge in [-0.25, -0.2) is 5.48 Å². The Balaban J connectivity index is 2.18. The van der Waals surface area contributed by atoms with Gasteiger partial charge in [0, 0.05) is 24.1 Å². The number of benzene rings is 1. The summed E-state index contributed by atoms with van der Waals surface area (Å²) in [5, 5.41) is 9.34. The lowest BCUT2D eigenvalue weighted by Crippen LogP contribution is -2.06. The molecule has 2 N–H and O–H groups in total. The molecule has 1 aliphatic heterocycles. The smallest absolute Gasteiger partial charge is 0.0536 e. The summed E-state index contributed by atoms with van der Waals surface area (Å²) in [6.45, 7) is 2.00. The molecule has 2 rings (SSSR count). The maximum atomic E-state index is 8.58. The predicted octanol–water partition coefficient (Wildman–Crippen LogP) is 2.32. The van der Waals surface area contributed by atoms with Crippen LogP contribution >= 0.6 is 11.6 Å². The van der Waals surface area contributed by atoms with E-state index in [1.54, 1.807) is 0 Å². The summed E-state index contributed by atoms with van der Waals surface area (Å²) in [7, 11) is 0. The van der Waals surface area contributed by atoms with E-state index in [0.717, 1.165) is 35.8 Å². The highest BCUT2D eigenvalue weighted by atomic mass is 35.5. The molecule has 1 unspecified atom stereocenters. The van der Waals surface area contributed by atoms with E-state index in [2.05, 4.69) is 5.48 Å². The van der Waals surface area contributed by atoms with Crippen LogP contribution in [0, 0.1) is 0 Å². The molecule has 1 fully saturated rings. The number of hydrogen-bond donors (Lipinski definition) is 2. The molecule has 0 aliphatic carbocycles. The predicted molar refractivity (Wildman–Crippen MR) is 58.3 cm³/mol. The molecule has 0 amide bonds. The van der Waals surface area contributed by atoms with Gasteiger partial charge in [-0.1, -0.05) is 23.7 Å². The maximum Gasteiger partial charge on any atom is 0.0536 e. The number of hydroxylamine groups is 1. The highest BCUT2D eigenvalue weighted by Crippen LogP contribution is 2.31. The molecule has 1 heterocycles. The van der Waals surface area contributed by atoms with Gasteiger partial charge in [0.15, 0.2) is 0 Å². The SMILES string of the molecule is ONCc1ccc(C2CCOC2)c(Cl)c1. The van der Waals surface area contributed by atoms with Gasteiger partial charge in [0.2, 0.25) is 0 Å². The van der Waals surface area contributed by atoms with Crippen molar-refractivity contribution in [1.29, 1.82) is 0 Å². The van der Waals surface area contributed by atoms with Crippen LogP contribution < -0.4 is 5.48 Å². The van der Waals surface area contributed by atoms with E-state index in [-0.39, 0.29) is 0 Å². The van der Waals surface area contributed by atoms with E-state index in [0.29, 0.717) is 12.5 Å². The Labute approximate surface area is 94.0 Å². The molecular formula is C11H14ClNO2. The van der Waals surface area contributed by atoms with Gasteiger partial charge in [-0.15, -0.1) is 0 Å². The summed E-state index contributed by atoms with van der Waals surface area (Å²) in [5.74, 6) is 0.425. The minimum atomic E-state index is 0.418. The molecule has 0 spiro atoms. The van der Waals surface area contributed by atoms with E-state index < -0.39 is 0 Å². The third-order valence-electron chi connectivity index (χ3n) is 2.72. The summed E-state index contributed by atoms with van der Waals surface area (Å²) < 4.78 is 5.33. The largest absolute Gasteiger partial charge is 0.381 e. The van der Waals surface area contributed by atoms with E-state index in [1.165, 1.54) is 0 Å². The van der Waals surface area contributed by atoms with Gasteiger partial charge in [0.25, 0.3) is 0 Å². The zero-order valence-electron chi connectivity index (χ0n) is 8.37. The number of ether oxygens (including phenoxy) is 1. The average molecular weight is 228 g/mol. The fourth-order valence-corrected chi connectivity index (χ4v) is 2.24. The minimum Gasteiger partial charge on any atom is -0.381 e. The molecule has 0 radical (unpaired) electrons. The van der Waals surface area contributed by atoms with Crippen LogP contribution in [0.4, 0.5) is 0 Å². The van der Waals surface area contributed by atoms with Crippen molar-refractivity contribution in [1.82, 2.24) is 5.48 Å².